The van der Waals surface area contributed by atoms with E-state index in [0.29, 0.717) is 23.3 Å². The molecule has 8 nitrogen and oxygen atoms in total. The summed E-state index contributed by atoms with van der Waals surface area (Å²) < 4.78 is 23.8. The zero-order chi connectivity index (χ0) is 43.6. The lowest BCUT2D eigenvalue weighted by molar-refractivity contribution is -0.158. The van der Waals surface area contributed by atoms with Gasteiger partial charge in [0.05, 0.1) is 49.4 Å². The van der Waals surface area contributed by atoms with E-state index in [4.69, 9.17) is 18.9 Å². The van der Waals surface area contributed by atoms with Crippen molar-refractivity contribution in [2.24, 2.45) is 29.6 Å². The van der Waals surface area contributed by atoms with Gasteiger partial charge in [0.25, 0.3) is 0 Å². The average Bonchev–Trinajstić information content (AvgIpc) is 3.26. The van der Waals surface area contributed by atoms with Gasteiger partial charge in [-0.2, -0.15) is 0 Å². The van der Waals surface area contributed by atoms with Gasteiger partial charge in [0.15, 0.2) is 0 Å². The summed E-state index contributed by atoms with van der Waals surface area (Å²) in [5.41, 5.74) is 2.09. The molecular weight excluding hydrogens is 741 g/mol. The summed E-state index contributed by atoms with van der Waals surface area (Å²) in [7, 11) is 0. The van der Waals surface area contributed by atoms with Crippen LogP contribution in [-0.2, 0) is 28.5 Å². The molecule has 6 unspecified atom stereocenters. The van der Waals surface area contributed by atoms with E-state index in [1.807, 2.05) is 24.3 Å². The maximum Gasteiger partial charge on any atom is 0.339 e. The zero-order valence-corrected chi connectivity index (χ0v) is 38.4. The van der Waals surface area contributed by atoms with E-state index >= 15 is 0 Å². The second kappa shape index (κ2) is 29.5. The molecule has 59 heavy (non-hydrogen) atoms. The van der Waals surface area contributed by atoms with Crippen LogP contribution in [-0.4, -0.2) is 50.3 Å². The first-order valence-electron chi connectivity index (χ1n) is 23.4. The summed E-state index contributed by atoms with van der Waals surface area (Å²) >= 11 is 0. The van der Waals surface area contributed by atoms with Gasteiger partial charge in [-0.3, -0.25) is 9.59 Å². The minimum absolute atomic E-state index is 0.111. The molecule has 0 radical (unpaired) electrons. The molecule has 2 rings (SSSR count). The van der Waals surface area contributed by atoms with Crippen LogP contribution in [0.1, 0.15) is 197 Å². The van der Waals surface area contributed by atoms with Gasteiger partial charge in [-0.25, -0.2) is 9.59 Å². The molecule has 8 heteroatoms. The van der Waals surface area contributed by atoms with Gasteiger partial charge in [0.1, 0.15) is 0 Å². The first kappa shape index (κ1) is 51.5. The lowest BCUT2D eigenvalue weighted by Gasteiger charge is -2.26. The molecule has 6 atom stereocenters. The van der Waals surface area contributed by atoms with Crippen LogP contribution in [0.4, 0.5) is 0 Å². The molecule has 332 valence electrons. The average molecular weight is 821 g/mol. The van der Waals surface area contributed by atoms with Crippen LogP contribution in [0.3, 0.4) is 0 Å². The van der Waals surface area contributed by atoms with Crippen molar-refractivity contribution >= 4 is 23.9 Å². The van der Waals surface area contributed by atoms with Crippen LogP contribution in [0.5, 0.6) is 0 Å². The molecule has 0 aliphatic carbocycles. The molecule has 0 spiro atoms. The molecule has 0 bridgehead atoms. The Morgan fingerprint density at radius 3 is 1.34 bits per heavy atom. The van der Waals surface area contributed by atoms with Crippen molar-refractivity contribution in [1.82, 2.24) is 0 Å². The smallest absolute Gasteiger partial charge is 0.339 e. The van der Waals surface area contributed by atoms with E-state index in [0.717, 1.165) is 103 Å². The number of ether oxygens (including phenoxy) is 4. The van der Waals surface area contributed by atoms with Gasteiger partial charge in [-0.15, -0.1) is 0 Å². The summed E-state index contributed by atoms with van der Waals surface area (Å²) in [6.45, 7) is 19.8. The number of carbonyl (C=O) groups excluding carboxylic acids is 4. The predicted octanol–water partition coefficient (Wildman–Crippen LogP) is 13.3. The molecule has 0 saturated heterocycles. The Morgan fingerprint density at radius 1 is 0.492 bits per heavy atom. The van der Waals surface area contributed by atoms with E-state index < -0.39 is 35.7 Å². The van der Waals surface area contributed by atoms with E-state index in [1.165, 1.54) is 0 Å². The van der Waals surface area contributed by atoms with Crippen molar-refractivity contribution in [3.63, 3.8) is 0 Å². The fourth-order valence-corrected chi connectivity index (χ4v) is 7.58. The van der Waals surface area contributed by atoms with Gasteiger partial charge in [-0.05, 0) is 78.2 Å². The van der Waals surface area contributed by atoms with E-state index in [2.05, 4.69) is 55.4 Å². The molecule has 0 aliphatic heterocycles. The van der Waals surface area contributed by atoms with Gasteiger partial charge in [0.2, 0.25) is 0 Å². The molecule has 0 heterocycles. The number of benzene rings is 2. The monoisotopic (exact) mass is 821 g/mol. The number of hydrogen-bond donors (Lipinski definition) is 0. The molecule has 0 aliphatic rings. The van der Waals surface area contributed by atoms with Gasteiger partial charge in [-0.1, -0.05) is 170 Å². The molecule has 0 aromatic heterocycles. The Balaban J connectivity index is 2.65. The second-order valence-electron chi connectivity index (χ2n) is 16.7. The highest BCUT2D eigenvalue weighted by molar-refractivity contribution is 6.04. The fraction of sp³-hybridized carbons (Fsp3) is 0.686. The van der Waals surface area contributed by atoms with Gasteiger partial charge >= 0.3 is 23.9 Å². The normalized spacial score (nSPS) is 14.4. The molecule has 2 aromatic rings. The maximum atomic E-state index is 14.3. The number of hydrogen-bond acceptors (Lipinski definition) is 8. The number of unbranched alkanes of at least 4 members (excludes halogenated alkanes) is 4. The quantitative estimate of drug-likeness (QED) is 0.0547. The Hall–Kier alpha value is -3.68. The molecule has 0 amide bonds. The first-order valence-corrected chi connectivity index (χ1v) is 23.4. The summed E-state index contributed by atoms with van der Waals surface area (Å²) in [6.07, 6.45) is 15.8. The van der Waals surface area contributed by atoms with Crippen molar-refractivity contribution in [3.8, 4) is 11.1 Å². The van der Waals surface area contributed by atoms with Crippen LogP contribution >= 0.6 is 0 Å². The van der Waals surface area contributed by atoms with Gasteiger partial charge in [0, 0.05) is 0 Å². The lowest BCUT2D eigenvalue weighted by atomic mass is 9.82. The number of carbonyl (C=O) groups is 4. The maximum absolute atomic E-state index is 14.3. The third-order valence-electron chi connectivity index (χ3n) is 12.2. The summed E-state index contributed by atoms with van der Waals surface area (Å²) in [6, 6.07) is 12.5. The summed E-state index contributed by atoms with van der Waals surface area (Å²) in [5.74, 6) is -3.01. The highest BCUT2D eigenvalue weighted by Gasteiger charge is 2.37. The molecular formula is C51H80O8. The van der Waals surface area contributed by atoms with Gasteiger partial charge < -0.3 is 18.9 Å². The minimum atomic E-state index is -0.976. The summed E-state index contributed by atoms with van der Waals surface area (Å²) in [5, 5.41) is 0. The van der Waals surface area contributed by atoms with Crippen LogP contribution in [0.25, 0.3) is 11.1 Å². The summed E-state index contributed by atoms with van der Waals surface area (Å²) in [4.78, 5) is 55.9. The topological polar surface area (TPSA) is 105 Å². The zero-order valence-electron chi connectivity index (χ0n) is 38.4. The third kappa shape index (κ3) is 17.4. The van der Waals surface area contributed by atoms with Crippen molar-refractivity contribution in [2.75, 3.05) is 26.4 Å². The lowest BCUT2D eigenvalue weighted by Crippen LogP contribution is -2.31. The van der Waals surface area contributed by atoms with E-state index in [1.54, 1.807) is 25.1 Å². The Morgan fingerprint density at radius 2 is 0.898 bits per heavy atom. The van der Waals surface area contributed by atoms with Crippen molar-refractivity contribution in [3.05, 3.63) is 59.2 Å². The largest absolute Gasteiger partial charge is 0.465 e. The molecule has 2 aromatic carbocycles. The number of rotatable bonds is 31. The Labute approximate surface area is 358 Å². The minimum Gasteiger partial charge on any atom is -0.465 e. The Kier molecular flexibility index (Phi) is 25.8. The van der Waals surface area contributed by atoms with Crippen LogP contribution < -0.4 is 0 Å². The number of esters is 4. The van der Waals surface area contributed by atoms with Crippen molar-refractivity contribution in [1.29, 1.82) is 0 Å². The third-order valence-corrected chi connectivity index (χ3v) is 12.2. The molecule has 0 saturated carbocycles. The van der Waals surface area contributed by atoms with Crippen LogP contribution in [0.15, 0.2) is 42.5 Å². The Bertz CT molecular complexity index is 1520. The highest BCUT2D eigenvalue weighted by Crippen LogP contribution is 2.37. The van der Waals surface area contributed by atoms with Crippen LogP contribution in [0.2, 0.25) is 0 Å². The standard InChI is InChI=1S/C51H80O8/c1-10-18-24-38(14-5)33-56-48(52)37(9)47(51(55)59-36-41(17-8)27-21-13-4)44-29-23-22-28-43(44)42-30-31-45(49(53)57-34-39(15-6)25-19-11-2)46(32-42)50(54)58-35-40(16-7)26-20-12-3/h22-23,28-32,37-41,47H,10-21,24-27,33-36H2,1-9H3. The molecule has 0 fully saturated rings. The molecule has 0 N–H and O–H groups in total. The second-order valence-corrected chi connectivity index (χ2v) is 16.7. The predicted molar refractivity (Wildman–Crippen MR) is 239 cm³/mol. The first-order chi connectivity index (χ1) is 28.5. The van der Waals surface area contributed by atoms with E-state index in [-0.39, 0.29) is 54.6 Å². The van der Waals surface area contributed by atoms with Crippen molar-refractivity contribution < 1.29 is 38.1 Å². The van der Waals surface area contributed by atoms with E-state index in [9.17, 15) is 19.2 Å². The van der Waals surface area contributed by atoms with Crippen LogP contribution in [0, 0.1) is 29.6 Å². The fourth-order valence-electron chi connectivity index (χ4n) is 7.58. The van der Waals surface area contributed by atoms with Crippen molar-refractivity contribution in [2.45, 2.75) is 171 Å². The SMILES string of the molecule is CCCCC(CC)COC(=O)c1ccc(-c2ccccc2C(C(=O)OCC(CC)CCCC)C(C)C(=O)OCC(CC)CCCC)cc1C(=O)OCC(CC)CCCC. The highest BCUT2D eigenvalue weighted by atomic mass is 16.5.